The van der Waals surface area contributed by atoms with E-state index in [0.29, 0.717) is 18.0 Å². The minimum absolute atomic E-state index is 0.0360. The standard InChI is InChI=1S/C32H41N3O6S/c1-22(2)19-33-32(37)25(5)34(20-26-11-13-27(40-6)14-12-26)31(36)21-35(29-18-24(4)10-17-30(29)41-7)42(38,39)28-15-8-23(3)9-16-28/h8-18,22,25H,19-21H2,1-7H3,(H,33,37). The van der Waals surface area contributed by atoms with Crippen molar-refractivity contribution in [2.24, 2.45) is 5.92 Å². The zero-order valence-corrected chi connectivity index (χ0v) is 26.2. The van der Waals surface area contributed by atoms with Crippen molar-refractivity contribution in [3.63, 3.8) is 0 Å². The van der Waals surface area contributed by atoms with Crippen molar-refractivity contribution in [1.82, 2.24) is 10.2 Å². The normalized spacial score (nSPS) is 12.0. The molecule has 0 aromatic heterocycles. The Labute approximate surface area is 249 Å². The molecule has 42 heavy (non-hydrogen) atoms. The molecule has 226 valence electrons. The van der Waals surface area contributed by atoms with Gasteiger partial charge < -0.3 is 19.7 Å². The van der Waals surface area contributed by atoms with Gasteiger partial charge in [-0.05, 0) is 74.2 Å². The third kappa shape index (κ3) is 8.03. The first-order valence-electron chi connectivity index (χ1n) is 13.8. The minimum atomic E-state index is -4.21. The molecule has 3 aromatic rings. The number of amides is 2. The maximum absolute atomic E-state index is 14.1. The van der Waals surface area contributed by atoms with Gasteiger partial charge in [0.2, 0.25) is 11.8 Å². The third-order valence-electron chi connectivity index (χ3n) is 6.85. The molecule has 1 N–H and O–H groups in total. The lowest BCUT2D eigenvalue weighted by Gasteiger charge is -2.32. The number of nitrogens with zero attached hydrogens (tertiary/aromatic N) is 2. The summed E-state index contributed by atoms with van der Waals surface area (Å²) < 4.78 is 40.0. The van der Waals surface area contributed by atoms with Crippen LogP contribution in [0.3, 0.4) is 0 Å². The van der Waals surface area contributed by atoms with Crippen molar-refractivity contribution in [3.8, 4) is 11.5 Å². The number of aryl methyl sites for hydroxylation is 2. The van der Waals surface area contributed by atoms with Crippen LogP contribution in [-0.4, -0.2) is 58.5 Å². The zero-order chi connectivity index (χ0) is 31.0. The van der Waals surface area contributed by atoms with Crippen molar-refractivity contribution in [2.75, 3.05) is 31.6 Å². The number of rotatable bonds is 13. The minimum Gasteiger partial charge on any atom is -0.497 e. The fourth-order valence-corrected chi connectivity index (χ4v) is 5.72. The Morgan fingerprint density at radius 3 is 2.05 bits per heavy atom. The van der Waals surface area contributed by atoms with Gasteiger partial charge in [0.25, 0.3) is 10.0 Å². The number of methoxy groups -OCH3 is 2. The summed E-state index contributed by atoms with van der Waals surface area (Å²) in [5, 5.41) is 2.89. The summed E-state index contributed by atoms with van der Waals surface area (Å²) in [4.78, 5) is 28.7. The van der Waals surface area contributed by atoms with Gasteiger partial charge in [-0.3, -0.25) is 13.9 Å². The van der Waals surface area contributed by atoms with Gasteiger partial charge in [0, 0.05) is 13.1 Å². The van der Waals surface area contributed by atoms with Crippen molar-refractivity contribution in [1.29, 1.82) is 0 Å². The van der Waals surface area contributed by atoms with E-state index in [9.17, 15) is 18.0 Å². The number of carbonyl (C=O) groups is 2. The maximum atomic E-state index is 14.1. The van der Waals surface area contributed by atoms with E-state index < -0.39 is 28.5 Å². The van der Waals surface area contributed by atoms with Crippen LogP contribution in [0.5, 0.6) is 11.5 Å². The van der Waals surface area contributed by atoms with Crippen molar-refractivity contribution < 1.29 is 27.5 Å². The van der Waals surface area contributed by atoms with Crippen molar-refractivity contribution in [3.05, 3.63) is 83.4 Å². The Hall–Kier alpha value is -4.05. The Bertz CT molecular complexity index is 1470. The molecule has 2 amide bonds. The Kier molecular flexibility index (Phi) is 11.0. The molecule has 0 saturated heterocycles. The molecule has 0 aliphatic heterocycles. The molecule has 0 fully saturated rings. The van der Waals surface area contributed by atoms with E-state index in [1.54, 1.807) is 56.5 Å². The van der Waals surface area contributed by atoms with Crippen molar-refractivity contribution >= 4 is 27.5 Å². The molecule has 0 bridgehead atoms. The summed E-state index contributed by atoms with van der Waals surface area (Å²) in [6.45, 7) is 9.28. The van der Waals surface area contributed by atoms with E-state index in [-0.39, 0.29) is 29.0 Å². The quantitative estimate of drug-likeness (QED) is 0.307. The van der Waals surface area contributed by atoms with E-state index in [2.05, 4.69) is 5.32 Å². The molecule has 0 aliphatic carbocycles. The lowest BCUT2D eigenvalue weighted by atomic mass is 10.1. The highest BCUT2D eigenvalue weighted by atomic mass is 32.2. The van der Waals surface area contributed by atoms with Gasteiger partial charge in [-0.25, -0.2) is 8.42 Å². The molecule has 0 saturated carbocycles. The zero-order valence-electron chi connectivity index (χ0n) is 25.4. The Balaban J connectivity index is 2.07. The molecule has 3 aromatic carbocycles. The number of hydrogen-bond donors (Lipinski definition) is 1. The number of benzene rings is 3. The van der Waals surface area contributed by atoms with Gasteiger partial charge in [0.15, 0.2) is 0 Å². The summed E-state index contributed by atoms with van der Waals surface area (Å²) in [7, 11) is -1.20. The van der Waals surface area contributed by atoms with Gasteiger partial charge in [-0.15, -0.1) is 0 Å². The molecule has 3 rings (SSSR count). The first-order chi connectivity index (χ1) is 19.9. The predicted molar refractivity (Wildman–Crippen MR) is 164 cm³/mol. The van der Waals surface area contributed by atoms with Crippen molar-refractivity contribution in [2.45, 2.75) is 52.1 Å². The van der Waals surface area contributed by atoms with Gasteiger partial charge in [-0.2, -0.15) is 0 Å². The van der Waals surface area contributed by atoms with E-state index >= 15 is 0 Å². The van der Waals surface area contributed by atoms with Crippen LogP contribution in [0.15, 0.2) is 71.6 Å². The number of nitrogens with one attached hydrogen (secondary N) is 1. The second kappa shape index (κ2) is 14.2. The first-order valence-corrected chi connectivity index (χ1v) is 15.3. The number of anilines is 1. The maximum Gasteiger partial charge on any atom is 0.264 e. The van der Waals surface area contributed by atoms with Crippen LogP contribution in [0, 0.1) is 19.8 Å². The predicted octanol–water partition coefficient (Wildman–Crippen LogP) is 4.71. The molecule has 0 spiro atoms. The SMILES string of the molecule is COc1ccc(CN(C(=O)CN(c2cc(C)ccc2OC)S(=O)(=O)c2ccc(C)cc2)C(C)C(=O)NCC(C)C)cc1. The summed E-state index contributed by atoms with van der Waals surface area (Å²) >= 11 is 0. The van der Waals surface area contributed by atoms with Crippen LogP contribution in [0.1, 0.15) is 37.5 Å². The van der Waals surface area contributed by atoms with Crippen LogP contribution in [0.25, 0.3) is 0 Å². The molecule has 0 heterocycles. The van der Waals surface area contributed by atoms with E-state index in [1.165, 1.54) is 24.1 Å². The lowest BCUT2D eigenvalue weighted by Crippen LogP contribution is -2.51. The summed E-state index contributed by atoms with van der Waals surface area (Å²) in [5.41, 5.74) is 2.68. The molecule has 10 heteroatoms. The number of ether oxygens (including phenoxy) is 2. The van der Waals surface area contributed by atoms with E-state index in [4.69, 9.17) is 9.47 Å². The second-order valence-electron chi connectivity index (χ2n) is 10.7. The number of carbonyl (C=O) groups excluding carboxylic acids is 2. The van der Waals surface area contributed by atoms with Gasteiger partial charge >= 0.3 is 0 Å². The first kappa shape index (κ1) is 32.5. The van der Waals surface area contributed by atoms with Gasteiger partial charge in [0.1, 0.15) is 24.1 Å². The molecular formula is C32H41N3O6S. The average Bonchev–Trinajstić information content (AvgIpc) is 2.97. The highest BCUT2D eigenvalue weighted by molar-refractivity contribution is 7.92. The van der Waals surface area contributed by atoms with E-state index in [1.807, 2.05) is 39.8 Å². The van der Waals surface area contributed by atoms with Crippen LogP contribution in [0.4, 0.5) is 5.69 Å². The third-order valence-corrected chi connectivity index (χ3v) is 8.63. The molecule has 0 aliphatic rings. The lowest BCUT2D eigenvalue weighted by molar-refractivity contribution is -0.139. The summed E-state index contributed by atoms with van der Waals surface area (Å²) in [6.07, 6.45) is 0. The Morgan fingerprint density at radius 2 is 1.48 bits per heavy atom. The largest absolute Gasteiger partial charge is 0.497 e. The number of sulfonamides is 1. The van der Waals surface area contributed by atoms with Crippen LogP contribution < -0.4 is 19.1 Å². The second-order valence-corrected chi connectivity index (χ2v) is 12.5. The van der Waals surface area contributed by atoms with Crippen LogP contribution in [-0.2, 0) is 26.2 Å². The topological polar surface area (TPSA) is 105 Å². The van der Waals surface area contributed by atoms with Crippen LogP contribution in [0.2, 0.25) is 0 Å². The molecule has 0 radical (unpaired) electrons. The molecular weight excluding hydrogens is 554 g/mol. The van der Waals surface area contributed by atoms with Crippen LogP contribution >= 0.6 is 0 Å². The highest BCUT2D eigenvalue weighted by Gasteiger charge is 2.34. The van der Waals surface area contributed by atoms with Gasteiger partial charge in [0.05, 0.1) is 24.8 Å². The van der Waals surface area contributed by atoms with Gasteiger partial charge in [-0.1, -0.05) is 49.7 Å². The average molecular weight is 596 g/mol. The highest BCUT2D eigenvalue weighted by Crippen LogP contribution is 2.34. The summed E-state index contributed by atoms with van der Waals surface area (Å²) in [6, 6.07) is 17.9. The van der Waals surface area contributed by atoms with E-state index in [0.717, 1.165) is 21.0 Å². The smallest absolute Gasteiger partial charge is 0.264 e. The fraction of sp³-hybridized carbons (Fsp3) is 0.375. The Morgan fingerprint density at radius 1 is 0.857 bits per heavy atom. The summed E-state index contributed by atoms with van der Waals surface area (Å²) in [5.74, 6) is 0.300. The molecule has 1 unspecified atom stereocenters. The number of hydrogen-bond acceptors (Lipinski definition) is 6. The monoisotopic (exact) mass is 595 g/mol. The molecule has 9 nitrogen and oxygen atoms in total. The molecule has 1 atom stereocenters. The fourth-order valence-electron chi connectivity index (χ4n) is 4.31.